The number of rotatable bonds is 5. The number of unbranched alkanes of at least 4 members (excludes halogenated alkanes) is 1. The minimum Gasteiger partial charge on any atom is -0.328 e. The molecular formula is C12H26N2. The van der Waals surface area contributed by atoms with Crippen LogP contribution in [0.5, 0.6) is 0 Å². The first-order valence-electron chi connectivity index (χ1n) is 6.20. The van der Waals surface area contributed by atoms with Gasteiger partial charge in [0.1, 0.15) is 0 Å². The van der Waals surface area contributed by atoms with E-state index in [1.807, 2.05) is 0 Å². The molecule has 0 amide bonds. The second-order valence-corrected chi connectivity index (χ2v) is 4.85. The Hall–Kier alpha value is -0.0800. The number of nitrogens with zero attached hydrogens (tertiary/aromatic N) is 1. The molecule has 1 aliphatic heterocycles. The summed E-state index contributed by atoms with van der Waals surface area (Å²) in [6.07, 6.45) is 8.03. The molecule has 0 aromatic carbocycles. The van der Waals surface area contributed by atoms with E-state index >= 15 is 0 Å². The number of hydrogen-bond donors (Lipinski definition) is 1. The largest absolute Gasteiger partial charge is 0.328 e. The van der Waals surface area contributed by atoms with Crippen LogP contribution in [-0.2, 0) is 0 Å². The fourth-order valence-electron chi connectivity index (χ4n) is 2.27. The molecular weight excluding hydrogens is 172 g/mol. The van der Waals surface area contributed by atoms with Crippen LogP contribution in [0.1, 0.15) is 52.4 Å². The highest BCUT2D eigenvalue weighted by Crippen LogP contribution is 2.16. The Morgan fingerprint density at radius 1 is 1.36 bits per heavy atom. The van der Waals surface area contributed by atoms with E-state index in [4.69, 9.17) is 5.73 Å². The molecule has 2 unspecified atom stereocenters. The molecule has 2 N–H and O–H groups in total. The van der Waals surface area contributed by atoms with E-state index < -0.39 is 0 Å². The molecule has 0 aromatic rings. The van der Waals surface area contributed by atoms with Gasteiger partial charge in [0.25, 0.3) is 0 Å². The normalized spacial score (nSPS) is 26.4. The molecule has 1 saturated heterocycles. The third-order valence-corrected chi connectivity index (χ3v) is 3.30. The van der Waals surface area contributed by atoms with Crippen LogP contribution in [0.3, 0.4) is 0 Å². The molecule has 2 nitrogen and oxygen atoms in total. The number of nitrogens with two attached hydrogens (primary N) is 1. The monoisotopic (exact) mass is 198 g/mol. The SMILES string of the molecule is CC(N)CCCCN1CCCCC1C. The second kappa shape index (κ2) is 6.41. The highest BCUT2D eigenvalue weighted by molar-refractivity contribution is 4.72. The molecule has 84 valence electrons. The first-order valence-corrected chi connectivity index (χ1v) is 6.20. The molecule has 0 radical (unpaired) electrons. The standard InChI is InChI=1S/C12H26N2/c1-11(13)7-3-5-9-14-10-6-4-8-12(14)2/h11-12H,3-10,13H2,1-2H3. The van der Waals surface area contributed by atoms with Gasteiger partial charge in [0, 0.05) is 12.1 Å². The lowest BCUT2D eigenvalue weighted by atomic mass is 10.0. The van der Waals surface area contributed by atoms with Crippen molar-refractivity contribution in [3.8, 4) is 0 Å². The summed E-state index contributed by atoms with van der Waals surface area (Å²) >= 11 is 0. The van der Waals surface area contributed by atoms with Gasteiger partial charge in [-0.3, -0.25) is 0 Å². The highest BCUT2D eigenvalue weighted by Gasteiger charge is 2.16. The van der Waals surface area contributed by atoms with Gasteiger partial charge in [-0.2, -0.15) is 0 Å². The topological polar surface area (TPSA) is 29.3 Å². The summed E-state index contributed by atoms with van der Waals surface area (Å²) in [6.45, 7) is 7.07. The first kappa shape index (κ1) is 12.0. The number of hydrogen-bond acceptors (Lipinski definition) is 2. The maximum atomic E-state index is 5.73. The minimum atomic E-state index is 0.383. The molecule has 1 rings (SSSR count). The molecule has 1 heterocycles. The predicted molar refractivity (Wildman–Crippen MR) is 62.4 cm³/mol. The van der Waals surface area contributed by atoms with Crippen LogP contribution in [0.4, 0.5) is 0 Å². The van der Waals surface area contributed by atoms with Crippen molar-refractivity contribution in [2.24, 2.45) is 5.73 Å². The molecule has 1 fully saturated rings. The lowest BCUT2D eigenvalue weighted by Crippen LogP contribution is -2.38. The summed E-state index contributed by atoms with van der Waals surface area (Å²) < 4.78 is 0. The van der Waals surface area contributed by atoms with E-state index in [-0.39, 0.29) is 0 Å². The van der Waals surface area contributed by atoms with Gasteiger partial charge < -0.3 is 10.6 Å². The summed E-state index contributed by atoms with van der Waals surface area (Å²) in [6, 6.07) is 1.20. The fourth-order valence-corrected chi connectivity index (χ4v) is 2.27. The quantitative estimate of drug-likeness (QED) is 0.687. The van der Waals surface area contributed by atoms with Crippen molar-refractivity contribution in [1.29, 1.82) is 0 Å². The van der Waals surface area contributed by atoms with Gasteiger partial charge in [-0.1, -0.05) is 12.8 Å². The van der Waals surface area contributed by atoms with Crippen molar-refractivity contribution < 1.29 is 0 Å². The van der Waals surface area contributed by atoms with Crippen LogP contribution >= 0.6 is 0 Å². The summed E-state index contributed by atoms with van der Waals surface area (Å²) in [4.78, 5) is 2.64. The zero-order chi connectivity index (χ0) is 10.4. The number of likely N-dealkylation sites (tertiary alicyclic amines) is 1. The highest BCUT2D eigenvalue weighted by atomic mass is 15.1. The molecule has 0 spiro atoms. The predicted octanol–water partition coefficient (Wildman–Crippen LogP) is 2.38. The average Bonchev–Trinajstić information content (AvgIpc) is 2.15. The van der Waals surface area contributed by atoms with Crippen molar-refractivity contribution in [2.45, 2.75) is 64.5 Å². The van der Waals surface area contributed by atoms with Crippen LogP contribution in [-0.4, -0.2) is 30.1 Å². The van der Waals surface area contributed by atoms with Crippen molar-refractivity contribution in [3.63, 3.8) is 0 Å². The van der Waals surface area contributed by atoms with Crippen molar-refractivity contribution >= 4 is 0 Å². The van der Waals surface area contributed by atoms with E-state index in [0.29, 0.717) is 6.04 Å². The molecule has 2 atom stereocenters. The third kappa shape index (κ3) is 4.43. The van der Waals surface area contributed by atoms with Crippen LogP contribution in [0.15, 0.2) is 0 Å². The Morgan fingerprint density at radius 2 is 2.14 bits per heavy atom. The summed E-state index contributed by atoms with van der Waals surface area (Å²) in [5.41, 5.74) is 5.73. The molecule has 0 aromatic heterocycles. The van der Waals surface area contributed by atoms with Gasteiger partial charge >= 0.3 is 0 Å². The van der Waals surface area contributed by atoms with Crippen molar-refractivity contribution in [2.75, 3.05) is 13.1 Å². The maximum Gasteiger partial charge on any atom is 0.00669 e. The zero-order valence-electron chi connectivity index (χ0n) is 9.84. The van der Waals surface area contributed by atoms with E-state index in [1.54, 1.807) is 0 Å². The number of piperidine rings is 1. The van der Waals surface area contributed by atoms with Crippen LogP contribution in [0, 0.1) is 0 Å². The Labute approximate surface area is 88.8 Å². The maximum absolute atomic E-state index is 5.73. The molecule has 14 heavy (non-hydrogen) atoms. The van der Waals surface area contributed by atoms with Crippen molar-refractivity contribution in [3.05, 3.63) is 0 Å². The average molecular weight is 198 g/mol. The Kier molecular flexibility index (Phi) is 5.49. The molecule has 0 aliphatic carbocycles. The lowest BCUT2D eigenvalue weighted by Gasteiger charge is -2.33. The van der Waals surface area contributed by atoms with Gasteiger partial charge in [0.05, 0.1) is 0 Å². The third-order valence-electron chi connectivity index (χ3n) is 3.30. The van der Waals surface area contributed by atoms with Crippen LogP contribution < -0.4 is 5.73 Å². The summed E-state index contributed by atoms with van der Waals surface area (Å²) in [5.74, 6) is 0. The zero-order valence-corrected chi connectivity index (χ0v) is 9.84. The van der Waals surface area contributed by atoms with Gasteiger partial charge in [0.15, 0.2) is 0 Å². The molecule has 0 bridgehead atoms. The van der Waals surface area contributed by atoms with Crippen molar-refractivity contribution in [1.82, 2.24) is 4.90 Å². The van der Waals surface area contributed by atoms with Crippen LogP contribution in [0.25, 0.3) is 0 Å². The van der Waals surface area contributed by atoms with Crippen LogP contribution in [0.2, 0.25) is 0 Å². The molecule has 0 saturated carbocycles. The first-order chi connectivity index (χ1) is 6.70. The summed E-state index contributed by atoms with van der Waals surface area (Å²) in [7, 11) is 0. The van der Waals surface area contributed by atoms with E-state index in [1.165, 1.54) is 51.6 Å². The van der Waals surface area contributed by atoms with E-state index in [2.05, 4.69) is 18.7 Å². The van der Waals surface area contributed by atoms with E-state index in [9.17, 15) is 0 Å². The molecule has 2 heteroatoms. The van der Waals surface area contributed by atoms with Gasteiger partial charge in [-0.05, 0) is 52.6 Å². The molecule has 1 aliphatic rings. The Morgan fingerprint density at radius 3 is 2.79 bits per heavy atom. The Balaban J connectivity index is 2.04. The Bertz CT molecular complexity index is 145. The summed E-state index contributed by atoms with van der Waals surface area (Å²) in [5, 5.41) is 0. The minimum absolute atomic E-state index is 0.383. The van der Waals surface area contributed by atoms with E-state index in [0.717, 1.165) is 6.04 Å². The second-order valence-electron chi connectivity index (χ2n) is 4.85. The van der Waals surface area contributed by atoms with Gasteiger partial charge in [0.2, 0.25) is 0 Å². The fraction of sp³-hybridized carbons (Fsp3) is 1.00. The lowest BCUT2D eigenvalue weighted by molar-refractivity contribution is 0.157. The smallest absolute Gasteiger partial charge is 0.00669 e. The van der Waals surface area contributed by atoms with Gasteiger partial charge in [-0.25, -0.2) is 0 Å². The van der Waals surface area contributed by atoms with Gasteiger partial charge in [-0.15, -0.1) is 0 Å².